The standard InChI is InChI=1S/C51H30N4O2/c1-2-11-31(12-3-1)32-21-24-41-42-26-23-35(30-48(42)57-46(41)28-32)51-53-49(52-50(54-51)34-22-25-40-39-17-6-9-20-45(39)56-47(40)29-34)33-13-10-14-36(27-33)55-43-18-7-4-15-37(43)38-16-5-8-19-44(38)55/h1-30H. The largest absolute Gasteiger partial charge is 0.456 e. The molecular formula is C51H30N4O2. The van der Waals surface area contributed by atoms with Crippen LogP contribution in [0.2, 0.25) is 0 Å². The maximum Gasteiger partial charge on any atom is 0.164 e. The number of benzene rings is 8. The van der Waals surface area contributed by atoms with Crippen LogP contribution in [0.1, 0.15) is 0 Å². The second-order valence-corrected chi connectivity index (χ2v) is 14.4. The molecule has 8 aromatic carbocycles. The summed E-state index contributed by atoms with van der Waals surface area (Å²) in [5, 5.41) is 6.65. The van der Waals surface area contributed by atoms with Gasteiger partial charge in [-0.1, -0.05) is 115 Å². The lowest BCUT2D eigenvalue weighted by Crippen LogP contribution is -2.01. The number of aromatic nitrogens is 4. The number of hydrogen-bond acceptors (Lipinski definition) is 5. The van der Waals surface area contributed by atoms with Gasteiger partial charge >= 0.3 is 0 Å². The molecule has 0 fully saturated rings. The zero-order valence-electron chi connectivity index (χ0n) is 30.4. The number of hydrogen-bond donors (Lipinski definition) is 0. The Morgan fingerprint density at radius 2 is 0.737 bits per heavy atom. The Labute approximate surface area is 325 Å². The minimum Gasteiger partial charge on any atom is -0.456 e. The van der Waals surface area contributed by atoms with E-state index in [1.54, 1.807) is 0 Å². The first-order chi connectivity index (χ1) is 28.2. The quantitative estimate of drug-likeness (QED) is 0.176. The molecule has 0 saturated carbocycles. The van der Waals surface area contributed by atoms with E-state index in [4.69, 9.17) is 23.8 Å². The maximum absolute atomic E-state index is 6.52. The number of nitrogens with zero attached hydrogens (tertiary/aromatic N) is 4. The molecule has 12 rings (SSSR count). The summed E-state index contributed by atoms with van der Waals surface area (Å²) in [6.07, 6.45) is 0. The van der Waals surface area contributed by atoms with Crippen LogP contribution in [-0.4, -0.2) is 19.5 Å². The Morgan fingerprint density at radius 3 is 1.35 bits per heavy atom. The monoisotopic (exact) mass is 730 g/mol. The number of para-hydroxylation sites is 3. The third kappa shape index (κ3) is 5.08. The van der Waals surface area contributed by atoms with Gasteiger partial charge in [0.1, 0.15) is 22.3 Å². The number of furan rings is 2. The summed E-state index contributed by atoms with van der Waals surface area (Å²) in [5.74, 6) is 1.67. The normalized spacial score (nSPS) is 11.9. The van der Waals surface area contributed by atoms with Crippen molar-refractivity contribution in [1.82, 2.24) is 19.5 Å². The van der Waals surface area contributed by atoms with E-state index in [0.717, 1.165) is 88.4 Å². The molecular weight excluding hydrogens is 701 g/mol. The first-order valence-corrected chi connectivity index (χ1v) is 19.0. The summed E-state index contributed by atoms with van der Waals surface area (Å²) in [6, 6.07) is 62.8. The average Bonchev–Trinajstić information content (AvgIpc) is 3.95. The Bertz CT molecular complexity index is 3490. The molecule has 0 aliphatic rings. The molecule has 0 aliphatic carbocycles. The van der Waals surface area contributed by atoms with Crippen LogP contribution < -0.4 is 0 Å². The molecule has 6 nitrogen and oxygen atoms in total. The first-order valence-electron chi connectivity index (χ1n) is 19.0. The topological polar surface area (TPSA) is 69.9 Å². The van der Waals surface area contributed by atoms with Gasteiger partial charge in [0.15, 0.2) is 17.5 Å². The molecule has 0 spiro atoms. The average molecular weight is 731 g/mol. The highest BCUT2D eigenvalue weighted by Gasteiger charge is 2.18. The van der Waals surface area contributed by atoms with Crippen molar-refractivity contribution in [3.05, 3.63) is 182 Å². The predicted molar refractivity (Wildman–Crippen MR) is 230 cm³/mol. The molecule has 0 unspecified atom stereocenters. The van der Waals surface area contributed by atoms with Crippen LogP contribution in [0.15, 0.2) is 191 Å². The van der Waals surface area contributed by atoms with Gasteiger partial charge in [-0.3, -0.25) is 0 Å². The van der Waals surface area contributed by atoms with E-state index in [-0.39, 0.29) is 0 Å². The lowest BCUT2D eigenvalue weighted by molar-refractivity contribution is 0.669. The highest BCUT2D eigenvalue weighted by molar-refractivity contribution is 6.10. The first kappa shape index (κ1) is 31.5. The molecule has 57 heavy (non-hydrogen) atoms. The van der Waals surface area contributed by atoms with E-state index in [0.29, 0.717) is 17.5 Å². The highest BCUT2D eigenvalue weighted by atomic mass is 16.3. The van der Waals surface area contributed by atoms with Gasteiger partial charge < -0.3 is 13.4 Å². The zero-order chi connectivity index (χ0) is 37.5. The van der Waals surface area contributed by atoms with Crippen LogP contribution >= 0.6 is 0 Å². The van der Waals surface area contributed by atoms with Crippen molar-refractivity contribution in [3.8, 4) is 51.0 Å². The third-order valence-corrected chi connectivity index (χ3v) is 11.1. The van der Waals surface area contributed by atoms with Crippen LogP contribution in [0.4, 0.5) is 0 Å². The molecule has 0 radical (unpaired) electrons. The van der Waals surface area contributed by atoms with Crippen molar-refractivity contribution in [3.63, 3.8) is 0 Å². The van der Waals surface area contributed by atoms with Gasteiger partial charge in [-0.15, -0.1) is 0 Å². The molecule has 0 amide bonds. The predicted octanol–water partition coefficient (Wildman–Crippen LogP) is 13.4. The summed E-state index contributed by atoms with van der Waals surface area (Å²) in [7, 11) is 0. The molecule has 4 aromatic heterocycles. The van der Waals surface area contributed by atoms with Crippen LogP contribution in [0.5, 0.6) is 0 Å². The van der Waals surface area contributed by atoms with Crippen molar-refractivity contribution < 1.29 is 8.83 Å². The van der Waals surface area contributed by atoms with Crippen molar-refractivity contribution in [2.24, 2.45) is 0 Å². The lowest BCUT2D eigenvalue weighted by Gasteiger charge is -2.11. The fourth-order valence-corrected chi connectivity index (χ4v) is 8.34. The number of fused-ring (bicyclic) bond motifs is 9. The van der Waals surface area contributed by atoms with Gasteiger partial charge in [-0.25, -0.2) is 15.0 Å². The van der Waals surface area contributed by atoms with Gasteiger partial charge in [-0.05, 0) is 77.9 Å². The van der Waals surface area contributed by atoms with E-state index in [2.05, 4.69) is 150 Å². The molecule has 0 atom stereocenters. The summed E-state index contributed by atoms with van der Waals surface area (Å²) < 4.78 is 15.1. The van der Waals surface area contributed by atoms with Gasteiger partial charge in [0.05, 0.1) is 11.0 Å². The third-order valence-electron chi connectivity index (χ3n) is 11.1. The molecule has 266 valence electrons. The van der Waals surface area contributed by atoms with E-state index >= 15 is 0 Å². The maximum atomic E-state index is 6.52. The summed E-state index contributed by atoms with van der Waals surface area (Å²) in [6.45, 7) is 0. The fraction of sp³-hybridized carbons (Fsp3) is 0. The van der Waals surface area contributed by atoms with E-state index in [1.807, 2.05) is 36.4 Å². The van der Waals surface area contributed by atoms with Crippen molar-refractivity contribution in [2.45, 2.75) is 0 Å². The van der Waals surface area contributed by atoms with Crippen LogP contribution in [0.3, 0.4) is 0 Å². The van der Waals surface area contributed by atoms with E-state index < -0.39 is 0 Å². The van der Waals surface area contributed by atoms with Crippen LogP contribution in [0.25, 0.3) is 117 Å². The Kier molecular flexibility index (Phi) is 6.83. The Balaban J connectivity index is 1.03. The summed E-state index contributed by atoms with van der Waals surface area (Å²) in [5.41, 5.74) is 11.3. The van der Waals surface area contributed by atoms with Crippen molar-refractivity contribution in [2.75, 3.05) is 0 Å². The second kappa shape index (κ2) is 12.3. The Hall–Kier alpha value is -7.83. The van der Waals surface area contributed by atoms with Crippen LogP contribution in [-0.2, 0) is 0 Å². The highest BCUT2D eigenvalue weighted by Crippen LogP contribution is 2.37. The molecule has 0 N–H and O–H groups in total. The molecule has 0 aliphatic heterocycles. The van der Waals surface area contributed by atoms with Gasteiger partial charge in [0.25, 0.3) is 0 Å². The molecule has 12 aromatic rings. The summed E-state index contributed by atoms with van der Waals surface area (Å²) in [4.78, 5) is 15.4. The molecule has 4 heterocycles. The van der Waals surface area contributed by atoms with Gasteiger partial charge in [0, 0.05) is 54.7 Å². The van der Waals surface area contributed by atoms with Gasteiger partial charge in [0.2, 0.25) is 0 Å². The second-order valence-electron chi connectivity index (χ2n) is 14.4. The fourth-order valence-electron chi connectivity index (χ4n) is 8.34. The summed E-state index contributed by atoms with van der Waals surface area (Å²) >= 11 is 0. The SMILES string of the molecule is c1ccc(-c2ccc3c(c2)oc2cc(-c4nc(-c5cccc(-n6c7ccccc7c7ccccc76)c5)nc(-c5ccc6c(c5)oc5ccccc56)n4)ccc23)cc1. The van der Waals surface area contributed by atoms with E-state index in [9.17, 15) is 0 Å². The minimum atomic E-state index is 0.550. The van der Waals surface area contributed by atoms with Gasteiger partial charge in [-0.2, -0.15) is 0 Å². The van der Waals surface area contributed by atoms with Crippen molar-refractivity contribution in [1.29, 1.82) is 0 Å². The smallest absolute Gasteiger partial charge is 0.164 e. The Morgan fingerprint density at radius 1 is 0.298 bits per heavy atom. The lowest BCUT2D eigenvalue weighted by atomic mass is 10.0. The number of rotatable bonds is 5. The molecule has 0 bridgehead atoms. The van der Waals surface area contributed by atoms with E-state index in [1.165, 1.54) is 10.8 Å². The zero-order valence-corrected chi connectivity index (χ0v) is 30.4. The van der Waals surface area contributed by atoms with Crippen LogP contribution in [0, 0.1) is 0 Å². The molecule has 6 heteroatoms. The minimum absolute atomic E-state index is 0.550. The molecule has 0 saturated heterocycles. The van der Waals surface area contributed by atoms with Crippen molar-refractivity contribution >= 4 is 65.7 Å².